The minimum Gasteiger partial charge on any atom is -0.496 e. The molecule has 4 nitrogen and oxygen atoms in total. The lowest BCUT2D eigenvalue weighted by Gasteiger charge is -2.08. The van der Waals surface area contributed by atoms with Crippen LogP contribution in [0.2, 0.25) is 0 Å². The molecule has 1 N–H and O–H groups in total. The molecule has 0 atom stereocenters. The molecule has 0 unspecified atom stereocenters. The largest absolute Gasteiger partial charge is 0.496 e. The maximum atomic E-state index is 5.55. The number of aromatic nitrogens is 3. The van der Waals surface area contributed by atoms with E-state index in [4.69, 9.17) is 9.72 Å². The van der Waals surface area contributed by atoms with E-state index >= 15 is 0 Å². The number of ether oxygens (including phenoxy) is 1. The molecule has 0 radical (unpaired) electrons. The maximum Gasteiger partial charge on any atom is 0.148 e. The number of aromatic amines is 1. The summed E-state index contributed by atoms with van der Waals surface area (Å²) >= 11 is 1.69. The summed E-state index contributed by atoms with van der Waals surface area (Å²) in [6, 6.07) is 14.1. The third-order valence-corrected chi connectivity index (χ3v) is 5.05. The van der Waals surface area contributed by atoms with Crippen molar-refractivity contribution in [3.63, 3.8) is 0 Å². The second-order valence-corrected chi connectivity index (χ2v) is 6.64. The highest BCUT2D eigenvalue weighted by atomic mass is 32.1. The summed E-state index contributed by atoms with van der Waals surface area (Å²) in [5.74, 6) is 1.68. The van der Waals surface area contributed by atoms with Gasteiger partial charge in [-0.25, -0.2) is 4.98 Å². The van der Waals surface area contributed by atoms with E-state index in [0.29, 0.717) is 0 Å². The monoisotopic (exact) mass is 347 g/mol. The van der Waals surface area contributed by atoms with Crippen molar-refractivity contribution in [3.8, 4) is 39.0 Å². The quantitative estimate of drug-likeness (QED) is 0.553. The number of nitrogens with zero attached hydrogens (tertiary/aromatic N) is 2. The topological polar surface area (TPSA) is 50.8 Å². The number of rotatable bonds is 4. The fourth-order valence-corrected chi connectivity index (χ4v) is 3.65. The van der Waals surface area contributed by atoms with Crippen molar-refractivity contribution in [2.45, 2.75) is 6.92 Å². The van der Waals surface area contributed by atoms with Gasteiger partial charge < -0.3 is 9.72 Å². The number of aryl methyl sites for hydroxylation is 1. The molecular formula is C20H17N3OS. The Kier molecular flexibility index (Phi) is 4.07. The Morgan fingerprint density at radius 1 is 1.08 bits per heavy atom. The minimum atomic E-state index is 0.815. The lowest BCUT2D eigenvalue weighted by Crippen LogP contribution is -1.89. The molecule has 4 rings (SSSR count). The SMILES string of the molecule is COc1ccccc1-c1[nH]c(-c2cc(C)cs2)nc1-c1ccncc1. The molecular weight excluding hydrogens is 330 g/mol. The summed E-state index contributed by atoms with van der Waals surface area (Å²) in [6.45, 7) is 2.09. The molecule has 0 saturated heterocycles. The van der Waals surface area contributed by atoms with E-state index in [2.05, 4.69) is 28.3 Å². The summed E-state index contributed by atoms with van der Waals surface area (Å²) < 4.78 is 5.55. The Morgan fingerprint density at radius 3 is 2.60 bits per heavy atom. The fourth-order valence-electron chi connectivity index (χ4n) is 2.81. The van der Waals surface area contributed by atoms with Crippen LogP contribution in [0.15, 0.2) is 60.2 Å². The third-order valence-electron chi connectivity index (χ3n) is 4.00. The van der Waals surface area contributed by atoms with Crippen LogP contribution in [0.1, 0.15) is 5.56 Å². The zero-order chi connectivity index (χ0) is 17.2. The van der Waals surface area contributed by atoms with E-state index in [0.717, 1.165) is 39.0 Å². The van der Waals surface area contributed by atoms with E-state index in [9.17, 15) is 0 Å². The molecule has 25 heavy (non-hydrogen) atoms. The lowest BCUT2D eigenvalue weighted by atomic mass is 10.1. The first-order valence-electron chi connectivity index (χ1n) is 7.95. The van der Waals surface area contributed by atoms with Gasteiger partial charge in [-0.3, -0.25) is 4.98 Å². The number of H-pyrrole nitrogens is 1. The minimum absolute atomic E-state index is 0.815. The number of imidazole rings is 1. The van der Waals surface area contributed by atoms with Crippen molar-refractivity contribution in [2.24, 2.45) is 0 Å². The zero-order valence-corrected chi connectivity index (χ0v) is 14.8. The molecule has 0 aliphatic rings. The van der Waals surface area contributed by atoms with Crippen molar-refractivity contribution in [2.75, 3.05) is 7.11 Å². The highest BCUT2D eigenvalue weighted by Gasteiger charge is 2.18. The standard InChI is InChI=1S/C20H17N3OS/c1-13-11-17(25-12-13)20-22-18(14-7-9-21-10-8-14)19(23-20)15-5-3-4-6-16(15)24-2/h3-12H,1-2H3,(H,22,23). The Labute approximate surface area is 150 Å². The number of hydrogen-bond acceptors (Lipinski definition) is 4. The molecule has 0 fully saturated rings. The number of thiophene rings is 1. The van der Waals surface area contributed by atoms with E-state index < -0.39 is 0 Å². The van der Waals surface area contributed by atoms with Crippen molar-refractivity contribution in [1.29, 1.82) is 0 Å². The van der Waals surface area contributed by atoms with Gasteiger partial charge in [0.1, 0.15) is 11.6 Å². The van der Waals surface area contributed by atoms with Crippen LogP contribution in [0.5, 0.6) is 5.75 Å². The van der Waals surface area contributed by atoms with Gasteiger partial charge in [0.25, 0.3) is 0 Å². The average Bonchev–Trinajstić information content (AvgIpc) is 3.29. The molecule has 0 spiro atoms. The fraction of sp³-hybridized carbons (Fsp3) is 0.100. The van der Waals surface area contributed by atoms with Gasteiger partial charge in [-0.15, -0.1) is 11.3 Å². The summed E-state index contributed by atoms with van der Waals surface area (Å²) in [5, 5.41) is 2.13. The van der Waals surface area contributed by atoms with E-state index in [1.54, 1.807) is 30.8 Å². The molecule has 0 aliphatic heterocycles. The van der Waals surface area contributed by atoms with E-state index in [1.807, 2.05) is 36.4 Å². The second-order valence-electron chi connectivity index (χ2n) is 5.73. The maximum absolute atomic E-state index is 5.55. The van der Waals surface area contributed by atoms with Gasteiger partial charge in [-0.2, -0.15) is 0 Å². The Balaban J connectivity index is 1.94. The van der Waals surface area contributed by atoms with Crippen molar-refractivity contribution < 1.29 is 4.74 Å². The van der Waals surface area contributed by atoms with E-state index in [1.165, 1.54) is 5.56 Å². The first-order chi connectivity index (χ1) is 12.3. The van der Waals surface area contributed by atoms with Gasteiger partial charge in [-0.1, -0.05) is 12.1 Å². The Morgan fingerprint density at radius 2 is 1.88 bits per heavy atom. The molecule has 0 amide bonds. The Bertz CT molecular complexity index is 1000. The first kappa shape index (κ1) is 15.6. The van der Waals surface area contributed by atoms with Crippen LogP contribution in [0.25, 0.3) is 33.2 Å². The molecule has 5 heteroatoms. The number of methoxy groups -OCH3 is 1. The van der Waals surface area contributed by atoms with Crippen LogP contribution in [-0.4, -0.2) is 22.1 Å². The summed E-state index contributed by atoms with van der Waals surface area (Å²) in [5.41, 5.74) is 5.09. The van der Waals surface area contributed by atoms with Crippen LogP contribution in [0.3, 0.4) is 0 Å². The number of para-hydroxylation sites is 1. The van der Waals surface area contributed by atoms with Gasteiger partial charge in [0.15, 0.2) is 0 Å². The average molecular weight is 347 g/mol. The van der Waals surface area contributed by atoms with Gasteiger partial charge in [0.2, 0.25) is 0 Å². The third kappa shape index (κ3) is 2.94. The van der Waals surface area contributed by atoms with Crippen molar-refractivity contribution >= 4 is 11.3 Å². The molecule has 0 bridgehead atoms. The van der Waals surface area contributed by atoms with Crippen LogP contribution >= 0.6 is 11.3 Å². The van der Waals surface area contributed by atoms with Crippen LogP contribution < -0.4 is 4.74 Å². The number of pyridine rings is 1. The normalized spacial score (nSPS) is 10.8. The summed E-state index contributed by atoms with van der Waals surface area (Å²) in [6.07, 6.45) is 3.57. The molecule has 4 aromatic rings. The Hall–Kier alpha value is -2.92. The number of nitrogens with one attached hydrogen (secondary N) is 1. The predicted octanol–water partition coefficient (Wildman–Crippen LogP) is 5.18. The van der Waals surface area contributed by atoms with Gasteiger partial charge in [0, 0.05) is 23.5 Å². The molecule has 0 saturated carbocycles. The molecule has 124 valence electrons. The highest BCUT2D eigenvalue weighted by Crippen LogP contribution is 2.38. The molecule has 3 aromatic heterocycles. The van der Waals surface area contributed by atoms with Crippen molar-refractivity contribution in [3.05, 3.63) is 65.8 Å². The lowest BCUT2D eigenvalue weighted by molar-refractivity contribution is 0.416. The molecule has 0 aliphatic carbocycles. The number of hydrogen-bond donors (Lipinski definition) is 1. The highest BCUT2D eigenvalue weighted by molar-refractivity contribution is 7.13. The summed E-state index contributed by atoms with van der Waals surface area (Å²) in [7, 11) is 1.69. The predicted molar refractivity (Wildman–Crippen MR) is 102 cm³/mol. The molecule has 1 aromatic carbocycles. The smallest absolute Gasteiger partial charge is 0.148 e. The second kappa shape index (κ2) is 6.53. The summed E-state index contributed by atoms with van der Waals surface area (Å²) in [4.78, 5) is 13.6. The van der Waals surface area contributed by atoms with Crippen LogP contribution in [-0.2, 0) is 0 Å². The first-order valence-corrected chi connectivity index (χ1v) is 8.83. The zero-order valence-electron chi connectivity index (χ0n) is 14.0. The van der Waals surface area contributed by atoms with Gasteiger partial charge in [-0.05, 0) is 48.2 Å². The molecule has 3 heterocycles. The number of benzene rings is 1. The van der Waals surface area contributed by atoms with Gasteiger partial charge >= 0.3 is 0 Å². The van der Waals surface area contributed by atoms with Crippen LogP contribution in [0.4, 0.5) is 0 Å². The van der Waals surface area contributed by atoms with Crippen molar-refractivity contribution in [1.82, 2.24) is 15.0 Å². The van der Waals surface area contributed by atoms with Gasteiger partial charge in [0.05, 0.1) is 23.4 Å². The van der Waals surface area contributed by atoms with Crippen LogP contribution in [0, 0.1) is 6.92 Å². The van der Waals surface area contributed by atoms with E-state index in [-0.39, 0.29) is 0 Å².